The van der Waals surface area contributed by atoms with Crippen molar-refractivity contribution in [1.82, 2.24) is 5.32 Å². The summed E-state index contributed by atoms with van der Waals surface area (Å²) in [6.45, 7) is 5.61. The summed E-state index contributed by atoms with van der Waals surface area (Å²) >= 11 is 0. The molecule has 1 heteroatoms. The Labute approximate surface area is 118 Å². The number of benzene rings is 1. The molecule has 1 nitrogen and oxygen atoms in total. The van der Waals surface area contributed by atoms with Gasteiger partial charge in [-0.05, 0) is 50.6 Å². The maximum atomic E-state index is 3.79. The zero-order valence-corrected chi connectivity index (χ0v) is 12.6. The number of hydrogen-bond donors (Lipinski definition) is 1. The molecule has 0 spiro atoms. The van der Waals surface area contributed by atoms with Gasteiger partial charge in [0.25, 0.3) is 0 Å². The number of nitrogens with one attached hydrogen (secondary N) is 1. The lowest BCUT2D eigenvalue weighted by atomic mass is 9.88. The zero-order chi connectivity index (χ0) is 13.5. The van der Waals surface area contributed by atoms with Gasteiger partial charge in [0, 0.05) is 6.04 Å². The van der Waals surface area contributed by atoms with Crippen molar-refractivity contribution in [2.75, 3.05) is 6.54 Å². The van der Waals surface area contributed by atoms with Crippen LogP contribution in [0.3, 0.4) is 0 Å². The van der Waals surface area contributed by atoms with E-state index in [1.54, 1.807) is 0 Å². The molecule has 1 saturated carbocycles. The van der Waals surface area contributed by atoms with Gasteiger partial charge >= 0.3 is 0 Å². The second-order valence-corrected chi connectivity index (χ2v) is 6.15. The van der Waals surface area contributed by atoms with Gasteiger partial charge in [-0.25, -0.2) is 0 Å². The Kier molecular flexibility index (Phi) is 5.91. The molecule has 0 radical (unpaired) electrons. The molecule has 19 heavy (non-hydrogen) atoms. The van der Waals surface area contributed by atoms with Gasteiger partial charge in [0.1, 0.15) is 0 Å². The van der Waals surface area contributed by atoms with Crippen LogP contribution in [0.2, 0.25) is 0 Å². The molecule has 0 saturated heterocycles. The third-order valence-corrected chi connectivity index (χ3v) is 4.43. The van der Waals surface area contributed by atoms with Crippen molar-refractivity contribution in [3.05, 3.63) is 35.4 Å². The summed E-state index contributed by atoms with van der Waals surface area (Å²) in [6, 6.07) is 9.87. The van der Waals surface area contributed by atoms with E-state index in [0.717, 1.165) is 12.0 Å². The van der Waals surface area contributed by atoms with Crippen molar-refractivity contribution in [3.8, 4) is 0 Å². The van der Waals surface area contributed by atoms with Crippen molar-refractivity contribution < 1.29 is 0 Å². The Morgan fingerprint density at radius 3 is 2.53 bits per heavy atom. The van der Waals surface area contributed by atoms with Crippen molar-refractivity contribution in [3.63, 3.8) is 0 Å². The lowest BCUT2D eigenvalue weighted by Gasteiger charge is -2.26. The van der Waals surface area contributed by atoms with Gasteiger partial charge in [0.2, 0.25) is 0 Å². The van der Waals surface area contributed by atoms with E-state index in [-0.39, 0.29) is 0 Å². The van der Waals surface area contributed by atoms with Gasteiger partial charge in [0.05, 0.1) is 0 Å². The van der Waals surface area contributed by atoms with Crippen LogP contribution in [0.15, 0.2) is 24.3 Å². The van der Waals surface area contributed by atoms with Crippen molar-refractivity contribution in [1.29, 1.82) is 0 Å². The van der Waals surface area contributed by atoms with E-state index in [1.807, 2.05) is 0 Å². The quantitative estimate of drug-likeness (QED) is 0.768. The first-order chi connectivity index (χ1) is 9.29. The largest absolute Gasteiger partial charge is 0.314 e. The summed E-state index contributed by atoms with van der Waals surface area (Å²) in [5.41, 5.74) is 2.88. The summed E-state index contributed by atoms with van der Waals surface area (Å²) in [4.78, 5) is 0. The smallest absolute Gasteiger partial charge is 0.00984 e. The molecule has 2 atom stereocenters. The summed E-state index contributed by atoms with van der Waals surface area (Å²) in [6.07, 6.45) is 9.52. The standard InChI is InChI=1S/C18H29N/c1-3-13-19-18-8-6-4-5-7-17(18)14-16-11-9-15(2)10-12-16/h9-12,17-19H,3-8,13-14H2,1-2H3. The van der Waals surface area contributed by atoms with Gasteiger partial charge < -0.3 is 5.32 Å². The maximum Gasteiger partial charge on any atom is 0.00984 e. The lowest BCUT2D eigenvalue weighted by Crippen LogP contribution is -2.37. The average Bonchev–Trinajstić information content (AvgIpc) is 2.64. The van der Waals surface area contributed by atoms with E-state index in [0.29, 0.717) is 0 Å². The molecule has 0 heterocycles. The van der Waals surface area contributed by atoms with Crippen LogP contribution in [0.25, 0.3) is 0 Å². The van der Waals surface area contributed by atoms with Gasteiger partial charge in [-0.2, -0.15) is 0 Å². The Morgan fingerprint density at radius 1 is 1.05 bits per heavy atom. The molecule has 1 aromatic rings. The van der Waals surface area contributed by atoms with Crippen LogP contribution in [0.4, 0.5) is 0 Å². The maximum absolute atomic E-state index is 3.79. The van der Waals surface area contributed by atoms with Crippen LogP contribution >= 0.6 is 0 Å². The van der Waals surface area contributed by atoms with Crippen molar-refractivity contribution in [2.45, 2.75) is 64.8 Å². The number of aryl methyl sites for hydroxylation is 1. The topological polar surface area (TPSA) is 12.0 Å². The molecule has 1 fully saturated rings. The molecule has 0 bridgehead atoms. The van der Waals surface area contributed by atoms with Crippen LogP contribution in [0.5, 0.6) is 0 Å². The molecule has 2 unspecified atom stereocenters. The van der Waals surface area contributed by atoms with E-state index in [9.17, 15) is 0 Å². The molecular weight excluding hydrogens is 230 g/mol. The molecule has 0 aromatic heterocycles. The normalized spacial score (nSPS) is 24.1. The number of hydrogen-bond acceptors (Lipinski definition) is 1. The van der Waals surface area contributed by atoms with Crippen molar-refractivity contribution >= 4 is 0 Å². The van der Waals surface area contributed by atoms with Crippen molar-refractivity contribution in [2.24, 2.45) is 5.92 Å². The first-order valence-electron chi connectivity index (χ1n) is 8.08. The fourth-order valence-corrected chi connectivity index (χ4v) is 3.25. The fourth-order valence-electron chi connectivity index (χ4n) is 3.25. The highest BCUT2D eigenvalue weighted by atomic mass is 14.9. The Hall–Kier alpha value is -0.820. The molecule has 106 valence electrons. The monoisotopic (exact) mass is 259 g/mol. The van der Waals surface area contributed by atoms with Crippen LogP contribution in [-0.4, -0.2) is 12.6 Å². The third-order valence-electron chi connectivity index (χ3n) is 4.43. The Balaban J connectivity index is 1.98. The van der Waals surface area contributed by atoms with E-state index >= 15 is 0 Å². The molecule has 1 aliphatic rings. The van der Waals surface area contributed by atoms with E-state index in [1.165, 1.54) is 62.6 Å². The molecule has 0 amide bonds. The van der Waals surface area contributed by atoms with Gasteiger partial charge in [0.15, 0.2) is 0 Å². The highest BCUT2D eigenvalue weighted by Gasteiger charge is 2.23. The number of rotatable bonds is 5. The second-order valence-electron chi connectivity index (χ2n) is 6.15. The molecular formula is C18H29N. The lowest BCUT2D eigenvalue weighted by molar-refractivity contribution is 0.332. The van der Waals surface area contributed by atoms with Gasteiger partial charge in [-0.15, -0.1) is 0 Å². The third kappa shape index (κ3) is 4.65. The summed E-state index contributed by atoms with van der Waals surface area (Å²) in [5.74, 6) is 0.830. The van der Waals surface area contributed by atoms with Gasteiger partial charge in [-0.1, -0.05) is 56.0 Å². The minimum atomic E-state index is 0.740. The first-order valence-corrected chi connectivity index (χ1v) is 8.08. The summed E-state index contributed by atoms with van der Waals surface area (Å²) < 4.78 is 0. The van der Waals surface area contributed by atoms with E-state index in [2.05, 4.69) is 43.4 Å². The van der Waals surface area contributed by atoms with E-state index < -0.39 is 0 Å². The minimum absolute atomic E-state index is 0.740. The molecule has 0 aliphatic heterocycles. The summed E-state index contributed by atoms with van der Waals surface area (Å²) in [7, 11) is 0. The minimum Gasteiger partial charge on any atom is -0.314 e. The Morgan fingerprint density at radius 2 is 1.79 bits per heavy atom. The zero-order valence-electron chi connectivity index (χ0n) is 12.6. The van der Waals surface area contributed by atoms with Crippen LogP contribution in [0, 0.1) is 12.8 Å². The highest BCUT2D eigenvalue weighted by Crippen LogP contribution is 2.26. The van der Waals surface area contributed by atoms with E-state index in [4.69, 9.17) is 0 Å². The fraction of sp³-hybridized carbons (Fsp3) is 0.667. The average molecular weight is 259 g/mol. The second kappa shape index (κ2) is 7.69. The molecule has 1 aliphatic carbocycles. The first kappa shape index (κ1) is 14.6. The highest BCUT2D eigenvalue weighted by molar-refractivity contribution is 5.22. The van der Waals surface area contributed by atoms with Crippen LogP contribution in [0.1, 0.15) is 56.6 Å². The predicted octanol–water partition coefficient (Wildman–Crippen LogP) is 4.49. The molecule has 2 rings (SSSR count). The summed E-state index contributed by atoms with van der Waals surface area (Å²) in [5, 5.41) is 3.79. The SMILES string of the molecule is CCCNC1CCCCCC1Cc1ccc(C)cc1. The van der Waals surface area contributed by atoms with Crippen LogP contribution < -0.4 is 5.32 Å². The van der Waals surface area contributed by atoms with Crippen LogP contribution in [-0.2, 0) is 6.42 Å². The molecule has 1 N–H and O–H groups in total. The molecule has 1 aromatic carbocycles. The predicted molar refractivity (Wildman–Crippen MR) is 83.5 cm³/mol. The Bertz CT molecular complexity index is 354. The van der Waals surface area contributed by atoms with Gasteiger partial charge in [-0.3, -0.25) is 0 Å².